The normalized spacial score (nSPS) is 24.3. The lowest BCUT2D eigenvalue weighted by atomic mass is 10.0. The number of aromatic carboxylic acids is 1. The fourth-order valence-corrected chi connectivity index (χ4v) is 2.42. The standard InChI is InChI=1S/C13H19N3O2/c1-9-3-2-4-10(6-5-9)16-12-11(13(17)18)14-7-8-15-12/h7-10H,2-6H2,1H3,(H,15,16)(H,17,18). The van der Waals surface area contributed by atoms with Gasteiger partial charge in [-0.15, -0.1) is 0 Å². The van der Waals surface area contributed by atoms with Crippen LogP contribution in [-0.4, -0.2) is 27.1 Å². The van der Waals surface area contributed by atoms with Gasteiger partial charge in [0.2, 0.25) is 0 Å². The molecule has 2 rings (SSSR count). The van der Waals surface area contributed by atoms with E-state index in [1.54, 1.807) is 0 Å². The molecule has 0 saturated heterocycles. The fraction of sp³-hybridized carbons (Fsp3) is 0.615. The quantitative estimate of drug-likeness (QED) is 0.805. The first-order valence-electron chi connectivity index (χ1n) is 6.47. The molecule has 0 spiro atoms. The van der Waals surface area contributed by atoms with Gasteiger partial charge in [0.15, 0.2) is 11.5 Å². The average Bonchev–Trinajstić information content (AvgIpc) is 2.55. The van der Waals surface area contributed by atoms with Crippen molar-refractivity contribution in [3.63, 3.8) is 0 Å². The van der Waals surface area contributed by atoms with E-state index in [0.717, 1.165) is 18.8 Å². The summed E-state index contributed by atoms with van der Waals surface area (Å²) in [6, 6.07) is 0.310. The molecule has 5 nitrogen and oxygen atoms in total. The number of rotatable bonds is 3. The summed E-state index contributed by atoms with van der Waals surface area (Å²) in [5.74, 6) is 0.120. The summed E-state index contributed by atoms with van der Waals surface area (Å²) >= 11 is 0. The second-order valence-corrected chi connectivity index (χ2v) is 5.01. The van der Waals surface area contributed by atoms with Crippen LogP contribution < -0.4 is 5.32 Å². The van der Waals surface area contributed by atoms with Crippen molar-refractivity contribution in [2.24, 2.45) is 5.92 Å². The molecule has 0 aromatic carbocycles. The van der Waals surface area contributed by atoms with Gasteiger partial charge in [0.1, 0.15) is 0 Å². The monoisotopic (exact) mass is 249 g/mol. The van der Waals surface area contributed by atoms with E-state index in [1.807, 2.05) is 0 Å². The van der Waals surface area contributed by atoms with E-state index in [1.165, 1.54) is 31.7 Å². The lowest BCUT2D eigenvalue weighted by Crippen LogP contribution is -2.21. The maximum absolute atomic E-state index is 11.0. The first-order valence-corrected chi connectivity index (χ1v) is 6.47. The second kappa shape index (κ2) is 5.80. The second-order valence-electron chi connectivity index (χ2n) is 5.01. The third-order valence-electron chi connectivity index (χ3n) is 3.50. The van der Waals surface area contributed by atoms with Gasteiger partial charge in [0, 0.05) is 18.4 Å². The van der Waals surface area contributed by atoms with E-state index >= 15 is 0 Å². The molecule has 0 aliphatic heterocycles. The SMILES string of the molecule is CC1CCCC(Nc2nccnc2C(=O)O)CC1. The number of aromatic nitrogens is 2. The van der Waals surface area contributed by atoms with Crippen LogP contribution in [0.3, 0.4) is 0 Å². The molecule has 0 bridgehead atoms. The van der Waals surface area contributed by atoms with Gasteiger partial charge in [-0.05, 0) is 25.2 Å². The van der Waals surface area contributed by atoms with Crippen molar-refractivity contribution in [3.8, 4) is 0 Å². The van der Waals surface area contributed by atoms with Crippen molar-refractivity contribution in [1.82, 2.24) is 9.97 Å². The Hall–Kier alpha value is -1.65. The molecule has 2 unspecified atom stereocenters. The number of nitrogens with one attached hydrogen (secondary N) is 1. The van der Waals surface area contributed by atoms with Gasteiger partial charge < -0.3 is 10.4 Å². The highest BCUT2D eigenvalue weighted by Gasteiger charge is 2.19. The zero-order valence-corrected chi connectivity index (χ0v) is 10.6. The first-order chi connectivity index (χ1) is 8.66. The number of hydrogen-bond acceptors (Lipinski definition) is 4. The van der Waals surface area contributed by atoms with Crippen molar-refractivity contribution >= 4 is 11.8 Å². The number of carbonyl (C=O) groups is 1. The molecule has 1 heterocycles. The Kier molecular flexibility index (Phi) is 4.12. The Bertz CT molecular complexity index is 422. The van der Waals surface area contributed by atoms with Crippen LogP contribution in [0, 0.1) is 5.92 Å². The highest BCUT2D eigenvalue weighted by molar-refractivity contribution is 5.90. The fourth-order valence-electron chi connectivity index (χ4n) is 2.42. The molecule has 98 valence electrons. The van der Waals surface area contributed by atoms with Gasteiger partial charge in [0.05, 0.1) is 0 Å². The maximum atomic E-state index is 11.0. The molecule has 1 fully saturated rings. The Balaban J connectivity index is 2.06. The van der Waals surface area contributed by atoms with Gasteiger partial charge in [-0.2, -0.15) is 0 Å². The third-order valence-corrected chi connectivity index (χ3v) is 3.50. The van der Waals surface area contributed by atoms with E-state index in [-0.39, 0.29) is 5.69 Å². The lowest BCUT2D eigenvalue weighted by molar-refractivity contribution is 0.0691. The van der Waals surface area contributed by atoms with Crippen LogP contribution in [0.5, 0.6) is 0 Å². The van der Waals surface area contributed by atoms with Crippen LogP contribution in [-0.2, 0) is 0 Å². The summed E-state index contributed by atoms with van der Waals surface area (Å²) in [6.45, 7) is 2.27. The molecule has 18 heavy (non-hydrogen) atoms. The molecular weight excluding hydrogens is 230 g/mol. The molecule has 1 aromatic rings. The molecular formula is C13H19N3O2. The van der Waals surface area contributed by atoms with E-state index in [0.29, 0.717) is 11.9 Å². The first kappa shape index (κ1) is 12.8. The van der Waals surface area contributed by atoms with E-state index in [9.17, 15) is 4.79 Å². The lowest BCUT2D eigenvalue weighted by Gasteiger charge is -2.17. The van der Waals surface area contributed by atoms with Gasteiger partial charge in [0.25, 0.3) is 0 Å². The van der Waals surface area contributed by atoms with Gasteiger partial charge >= 0.3 is 5.97 Å². The van der Waals surface area contributed by atoms with Crippen molar-refractivity contribution < 1.29 is 9.90 Å². The zero-order chi connectivity index (χ0) is 13.0. The number of hydrogen-bond donors (Lipinski definition) is 2. The molecule has 5 heteroatoms. The van der Waals surface area contributed by atoms with Crippen molar-refractivity contribution in [3.05, 3.63) is 18.1 Å². The summed E-state index contributed by atoms with van der Waals surface area (Å²) < 4.78 is 0. The average molecular weight is 249 g/mol. The Morgan fingerprint density at radius 3 is 2.83 bits per heavy atom. The topological polar surface area (TPSA) is 75.1 Å². The van der Waals surface area contributed by atoms with Crippen molar-refractivity contribution in [2.75, 3.05) is 5.32 Å². The Morgan fingerprint density at radius 2 is 2.06 bits per heavy atom. The summed E-state index contributed by atoms with van der Waals surface area (Å²) in [4.78, 5) is 19.0. The number of carboxylic acids is 1. The van der Waals surface area contributed by atoms with Crippen LogP contribution in [0.2, 0.25) is 0 Å². The minimum atomic E-state index is -1.03. The number of carboxylic acid groups (broad SMARTS) is 1. The third kappa shape index (κ3) is 3.18. The summed E-state index contributed by atoms with van der Waals surface area (Å²) in [5.41, 5.74) is 0.00907. The molecule has 0 radical (unpaired) electrons. The van der Waals surface area contributed by atoms with Crippen molar-refractivity contribution in [1.29, 1.82) is 0 Å². The minimum absolute atomic E-state index is 0.00907. The Labute approximate surface area is 107 Å². The predicted octanol–water partition coefficient (Wildman–Crippen LogP) is 2.56. The summed E-state index contributed by atoms with van der Waals surface area (Å²) in [6.07, 6.45) is 8.68. The minimum Gasteiger partial charge on any atom is -0.476 e. The molecule has 1 aliphatic carbocycles. The molecule has 1 saturated carbocycles. The highest BCUT2D eigenvalue weighted by Crippen LogP contribution is 2.25. The zero-order valence-electron chi connectivity index (χ0n) is 10.6. The predicted molar refractivity (Wildman–Crippen MR) is 68.7 cm³/mol. The molecule has 2 N–H and O–H groups in total. The van der Waals surface area contributed by atoms with Crippen molar-refractivity contribution in [2.45, 2.75) is 45.1 Å². The van der Waals surface area contributed by atoms with Gasteiger partial charge in [-0.25, -0.2) is 14.8 Å². The van der Waals surface area contributed by atoms with Crippen LogP contribution in [0.1, 0.15) is 49.5 Å². The number of nitrogens with zero attached hydrogens (tertiary/aromatic N) is 2. The van der Waals surface area contributed by atoms with E-state index in [4.69, 9.17) is 5.11 Å². The van der Waals surface area contributed by atoms with E-state index < -0.39 is 5.97 Å². The van der Waals surface area contributed by atoms with Gasteiger partial charge in [-0.1, -0.05) is 19.8 Å². The van der Waals surface area contributed by atoms with Crippen LogP contribution >= 0.6 is 0 Å². The number of anilines is 1. The summed E-state index contributed by atoms with van der Waals surface area (Å²) in [7, 11) is 0. The molecule has 1 aromatic heterocycles. The highest BCUT2D eigenvalue weighted by atomic mass is 16.4. The van der Waals surface area contributed by atoms with Gasteiger partial charge in [-0.3, -0.25) is 0 Å². The smallest absolute Gasteiger partial charge is 0.358 e. The summed E-state index contributed by atoms with van der Waals surface area (Å²) in [5, 5.41) is 12.3. The Morgan fingerprint density at radius 1 is 1.28 bits per heavy atom. The van der Waals surface area contributed by atoms with Crippen LogP contribution in [0.15, 0.2) is 12.4 Å². The molecule has 0 amide bonds. The van der Waals surface area contributed by atoms with E-state index in [2.05, 4.69) is 22.2 Å². The maximum Gasteiger partial charge on any atom is 0.358 e. The van der Waals surface area contributed by atoms with Crippen LogP contribution in [0.4, 0.5) is 5.82 Å². The molecule has 2 atom stereocenters. The van der Waals surface area contributed by atoms with Crippen LogP contribution in [0.25, 0.3) is 0 Å². The largest absolute Gasteiger partial charge is 0.476 e. The molecule has 1 aliphatic rings.